The van der Waals surface area contributed by atoms with Crippen LogP contribution in [0.15, 0.2) is 24.4 Å². The lowest BCUT2D eigenvalue weighted by atomic mass is 10.1. The zero-order valence-corrected chi connectivity index (χ0v) is 20.0. The molecule has 31 heavy (non-hydrogen) atoms. The van der Waals surface area contributed by atoms with Gasteiger partial charge < -0.3 is 4.74 Å². The molecule has 7 nitrogen and oxygen atoms in total. The summed E-state index contributed by atoms with van der Waals surface area (Å²) in [6.07, 6.45) is 2.74. The normalized spacial score (nSPS) is 14.5. The first-order chi connectivity index (χ1) is 14.6. The minimum absolute atomic E-state index is 0. The van der Waals surface area contributed by atoms with Crippen molar-refractivity contribution < 1.29 is 9.53 Å². The van der Waals surface area contributed by atoms with E-state index in [0.717, 1.165) is 66.7 Å². The number of anilines is 1. The zero-order chi connectivity index (χ0) is 21.1. The average molecular weight is 464 g/mol. The summed E-state index contributed by atoms with van der Waals surface area (Å²) in [5, 5.41) is 5.19. The van der Waals surface area contributed by atoms with Crippen molar-refractivity contribution in [3.8, 4) is 0 Å². The van der Waals surface area contributed by atoms with Gasteiger partial charge in [0.25, 0.3) is 5.91 Å². The third-order valence-corrected chi connectivity index (χ3v) is 6.76. The third kappa shape index (κ3) is 5.26. The van der Waals surface area contributed by atoms with Gasteiger partial charge in [-0.15, -0.1) is 12.4 Å². The van der Waals surface area contributed by atoms with E-state index in [9.17, 15) is 4.79 Å². The molecule has 1 amide bonds. The van der Waals surface area contributed by atoms with E-state index in [0.29, 0.717) is 12.2 Å². The predicted molar refractivity (Wildman–Crippen MR) is 128 cm³/mol. The number of rotatable bonds is 7. The maximum atomic E-state index is 13.4. The maximum Gasteiger partial charge on any atom is 0.280 e. The first kappa shape index (κ1) is 23.7. The Morgan fingerprint density at radius 1 is 1.19 bits per heavy atom. The van der Waals surface area contributed by atoms with E-state index >= 15 is 0 Å². The van der Waals surface area contributed by atoms with Crippen LogP contribution in [0.1, 0.15) is 35.0 Å². The largest absolute Gasteiger partial charge is 0.379 e. The van der Waals surface area contributed by atoms with Gasteiger partial charge in [0.05, 0.1) is 23.4 Å². The van der Waals surface area contributed by atoms with Crippen LogP contribution < -0.4 is 4.90 Å². The summed E-state index contributed by atoms with van der Waals surface area (Å²) >= 11 is 1.59. The lowest BCUT2D eigenvalue weighted by Crippen LogP contribution is -2.39. The van der Waals surface area contributed by atoms with Gasteiger partial charge in [-0.3, -0.25) is 19.3 Å². The van der Waals surface area contributed by atoms with Crippen molar-refractivity contribution in [1.29, 1.82) is 0 Å². The van der Waals surface area contributed by atoms with Crippen molar-refractivity contribution >= 4 is 45.0 Å². The van der Waals surface area contributed by atoms with Crippen LogP contribution in [-0.4, -0.2) is 65.0 Å². The Labute approximate surface area is 193 Å². The van der Waals surface area contributed by atoms with E-state index in [1.807, 2.05) is 18.0 Å². The summed E-state index contributed by atoms with van der Waals surface area (Å²) in [6.45, 7) is 12.0. The van der Waals surface area contributed by atoms with Gasteiger partial charge in [-0.1, -0.05) is 23.5 Å². The standard InChI is InChI=1S/C22H29N5O2S.ClH/c1-4-26-11-8-18(24-26)21(28)27(10-5-9-25-12-14-29-15-13-25)22-23-19-16(2)6-7-17(3)20(19)30-22;/h6-8,11H,4-5,9-10,12-15H2,1-3H3;1H. The number of hydrogen-bond acceptors (Lipinski definition) is 6. The first-order valence-corrected chi connectivity index (χ1v) is 11.4. The van der Waals surface area contributed by atoms with E-state index in [-0.39, 0.29) is 18.3 Å². The number of aryl methyl sites for hydroxylation is 3. The number of benzene rings is 1. The molecule has 0 spiro atoms. The third-order valence-electron chi connectivity index (χ3n) is 5.55. The molecule has 0 unspecified atom stereocenters. The van der Waals surface area contributed by atoms with Crippen LogP contribution in [0.3, 0.4) is 0 Å². The smallest absolute Gasteiger partial charge is 0.280 e. The molecular weight excluding hydrogens is 434 g/mol. The van der Waals surface area contributed by atoms with Crippen molar-refractivity contribution in [2.75, 3.05) is 44.3 Å². The molecule has 1 aromatic carbocycles. The van der Waals surface area contributed by atoms with Crippen molar-refractivity contribution in [3.05, 3.63) is 41.2 Å². The Balaban J connectivity index is 0.00000272. The lowest BCUT2D eigenvalue weighted by Gasteiger charge is -2.27. The number of halogens is 1. The van der Waals surface area contributed by atoms with Crippen LogP contribution >= 0.6 is 23.7 Å². The van der Waals surface area contributed by atoms with E-state index in [1.54, 1.807) is 22.1 Å². The van der Waals surface area contributed by atoms with Crippen LogP contribution in [0.2, 0.25) is 0 Å². The SMILES string of the molecule is CCn1ccc(C(=O)N(CCCN2CCOCC2)c2nc3c(C)ccc(C)c3s2)n1.Cl. The molecule has 0 atom stereocenters. The highest BCUT2D eigenvalue weighted by molar-refractivity contribution is 7.22. The van der Waals surface area contributed by atoms with Crippen molar-refractivity contribution in [2.45, 2.75) is 33.7 Å². The van der Waals surface area contributed by atoms with Gasteiger partial charge in [0.2, 0.25) is 0 Å². The van der Waals surface area contributed by atoms with Crippen molar-refractivity contribution in [1.82, 2.24) is 19.7 Å². The monoisotopic (exact) mass is 463 g/mol. The first-order valence-electron chi connectivity index (χ1n) is 10.6. The summed E-state index contributed by atoms with van der Waals surface area (Å²) in [5.41, 5.74) is 3.78. The summed E-state index contributed by atoms with van der Waals surface area (Å²) in [6, 6.07) is 6.01. The van der Waals surface area contributed by atoms with Crippen LogP contribution in [0.4, 0.5) is 5.13 Å². The zero-order valence-electron chi connectivity index (χ0n) is 18.3. The quantitative estimate of drug-likeness (QED) is 0.531. The van der Waals surface area contributed by atoms with E-state index in [1.165, 1.54) is 5.56 Å². The molecule has 0 bridgehead atoms. The Hall–Kier alpha value is -2.00. The highest BCUT2D eigenvalue weighted by Gasteiger charge is 2.24. The van der Waals surface area contributed by atoms with Gasteiger partial charge in [-0.2, -0.15) is 5.10 Å². The highest BCUT2D eigenvalue weighted by Crippen LogP contribution is 2.33. The van der Waals surface area contributed by atoms with Crippen LogP contribution in [0, 0.1) is 13.8 Å². The second-order valence-electron chi connectivity index (χ2n) is 7.69. The Kier molecular flexibility index (Phi) is 8.05. The van der Waals surface area contributed by atoms with E-state index in [2.05, 4.69) is 36.0 Å². The molecular formula is C22H30ClN5O2S. The van der Waals surface area contributed by atoms with Crippen LogP contribution in [0.25, 0.3) is 10.2 Å². The minimum Gasteiger partial charge on any atom is -0.379 e. The molecule has 1 fully saturated rings. The van der Waals surface area contributed by atoms with Gasteiger partial charge in [0, 0.05) is 38.9 Å². The number of morpholine rings is 1. The summed E-state index contributed by atoms with van der Waals surface area (Å²) in [7, 11) is 0. The molecule has 0 N–H and O–H groups in total. The lowest BCUT2D eigenvalue weighted by molar-refractivity contribution is 0.0376. The summed E-state index contributed by atoms with van der Waals surface area (Å²) in [5.74, 6) is -0.0847. The molecule has 0 aliphatic carbocycles. The number of ether oxygens (including phenoxy) is 1. The molecule has 3 aromatic rings. The van der Waals surface area contributed by atoms with Crippen molar-refractivity contribution in [3.63, 3.8) is 0 Å². The second kappa shape index (κ2) is 10.5. The minimum atomic E-state index is -0.0847. The fourth-order valence-electron chi connectivity index (χ4n) is 3.71. The van der Waals surface area contributed by atoms with E-state index in [4.69, 9.17) is 9.72 Å². The Bertz CT molecular complexity index is 989. The van der Waals surface area contributed by atoms with Crippen LogP contribution in [-0.2, 0) is 11.3 Å². The Morgan fingerprint density at radius 3 is 2.61 bits per heavy atom. The topological polar surface area (TPSA) is 63.5 Å². The molecule has 0 radical (unpaired) electrons. The van der Waals surface area contributed by atoms with Gasteiger partial charge in [-0.25, -0.2) is 4.98 Å². The Morgan fingerprint density at radius 2 is 1.94 bits per heavy atom. The molecule has 3 heterocycles. The molecule has 1 saturated heterocycles. The average Bonchev–Trinajstić information content (AvgIpc) is 3.42. The highest BCUT2D eigenvalue weighted by atomic mass is 35.5. The number of carbonyl (C=O) groups is 1. The van der Waals surface area contributed by atoms with Gasteiger partial charge in [0.1, 0.15) is 0 Å². The number of fused-ring (bicyclic) bond motifs is 1. The molecule has 2 aromatic heterocycles. The van der Waals surface area contributed by atoms with Gasteiger partial charge in [-0.05, 0) is 44.4 Å². The number of amides is 1. The summed E-state index contributed by atoms with van der Waals surface area (Å²) in [4.78, 5) is 22.5. The number of carbonyl (C=O) groups excluding carboxylic acids is 1. The van der Waals surface area contributed by atoms with Gasteiger partial charge in [0.15, 0.2) is 10.8 Å². The number of aromatic nitrogens is 3. The van der Waals surface area contributed by atoms with Crippen LogP contribution in [0.5, 0.6) is 0 Å². The second-order valence-corrected chi connectivity index (χ2v) is 8.67. The fraction of sp³-hybridized carbons (Fsp3) is 0.500. The molecule has 9 heteroatoms. The van der Waals surface area contributed by atoms with E-state index < -0.39 is 0 Å². The molecule has 1 aliphatic rings. The number of nitrogens with zero attached hydrogens (tertiary/aromatic N) is 5. The van der Waals surface area contributed by atoms with Gasteiger partial charge >= 0.3 is 0 Å². The summed E-state index contributed by atoms with van der Waals surface area (Å²) < 4.78 is 8.37. The molecule has 168 valence electrons. The predicted octanol–water partition coefficient (Wildman–Crippen LogP) is 3.92. The fourth-order valence-corrected chi connectivity index (χ4v) is 4.85. The molecule has 1 aliphatic heterocycles. The van der Waals surface area contributed by atoms with Crippen molar-refractivity contribution in [2.24, 2.45) is 0 Å². The number of thiazole rings is 1. The molecule has 0 saturated carbocycles. The number of hydrogen-bond donors (Lipinski definition) is 0. The molecule has 4 rings (SSSR count). The maximum absolute atomic E-state index is 13.4.